The third-order valence-electron chi connectivity index (χ3n) is 5.91. The van der Waals surface area contributed by atoms with E-state index in [2.05, 4.69) is 15.0 Å². The molecule has 10 nitrogen and oxygen atoms in total. The smallest absolute Gasteiger partial charge is 0.337 e. The van der Waals surface area contributed by atoms with E-state index in [0.29, 0.717) is 38.3 Å². The van der Waals surface area contributed by atoms with Gasteiger partial charge in [-0.25, -0.2) is 14.6 Å². The Balaban J connectivity index is 1.53. The maximum atomic E-state index is 13.5. The Kier molecular flexibility index (Phi) is 6.18. The predicted octanol–water partition coefficient (Wildman–Crippen LogP) is 2.38. The maximum Gasteiger partial charge on any atom is 0.337 e. The minimum absolute atomic E-state index is 0.131. The van der Waals surface area contributed by atoms with Crippen molar-refractivity contribution in [3.05, 3.63) is 69.0 Å². The molecule has 1 atom stereocenters. The molecular formula is C24H22N4O6S. The SMILES string of the molecule is COC(=O)c1ccc(NC(=O)Cn2c(=O)n(CC3CCCO3)c(=O)c3sc4ncccc4c32)cc1. The Hall–Kier alpha value is -3.83. The summed E-state index contributed by atoms with van der Waals surface area (Å²) in [6, 6.07) is 9.72. The Morgan fingerprint density at radius 3 is 2.71 bits per heavy atom. The lowest BCUT2D eigenvalue weighted by atomic mass is 10.2. The minimum Gasteiger partial charge on any atom is -0.465 e. The molecule has 180 valence electrons. The number of anilines is 1. The second kappa shape index (κ2) is 9.43. The minimum atomic E-state index is -0.572. The first-order valence-electron chi connectivity index (χ1n) is 11.1. The molecule has 0 bridgehead atoms. The number of pyridine rings is 1. The quantitative estimate of drug-likeness (QED) is 0.409. The van der Waals surface area contributed by atoms with Gasteiger partial charge in [0.15, 0.2) is 0 Å². The van der Waals surface area contributed by atoms with Crippen LogP contribution in [0, 0.1) is 0 Å². The number of benzene rings is 1. The fraction of sp³-hybridized carbons (Fsp3) is 0.292. The lowest BCUT2D eigenvalue weighted by molar-refractivity contribution is -0.116. The van der Waals surface area contributed by atoms with Crippen molar-refractivity contribution >= 4 is 49.3 Å². The molecule has 0 spiro atoms. The molecule has 4 aromatic rings. The highest BCUT2D eigenvalue weighted by molar-refractivity contribution is 7.25. The van der Waals surface area contributed by atoms with Gasteiger partial charge in [0.25, 0.3) is 5.56 Å². The highest BCUT2D eigenvalue weighted by Gasteiger charge is 2.24. The van der Waals surface area contributed by atoms with E-state index < -0.39 is 23.1 Å². The molecule has 0 radical (unpaired) electrons. The lowest BCUT2D eigenvalue weighted by Gasteiger charge is -2.15. The van der Waals surface area contributed by atoms with Gasteiger partial charge in [-0.2, -0.15) is 0 Å². The van der Waals surface area contributed by atoms with Crippen LogP contribution in [0.3, 0.4) is 0 Å². The van der Waals surface area contributed by atoms with Crippen LogP contribution in [-0.4, -0.2) is 45.8 Å². The van der Waals surface area contributed by atoms with Crippen LogP contribution in [0.5, 0.6) is 0 Å². The van der Waals surface area contributed by atoms with Crippen LogP contribution >= 0.6 is 11.3 Å². The molecule has 1 unspecified atom stereocenters. The molecule has 0 saturated carbocycles. The van der Waals surface area contributed by atoms with Crippen molar-refractivity contribution in [2.24, 2.45) is 0 Å². The summed E-state index contributed by atoms with van der Waals surface area (Å²) in [7, 11) is 1.29. The van der Waals surface area contributed by atoms with E-state index in [0.717, 1.165) is 17.4 Å². The zero-order chi connectivity index (χ0) is 24.5. The fourth-order valence-corrected chi connectivity index (χ4v) is 5.33. The van der Waals surface area contributed by atoms with Gasteiger partial charge in [-0.05, 0) is 49.2 Å². The van der Waals surface area contributed by atoms with E-state index in [1.54, 1.807) is 30.5 Å². The number of thiophene rings is 1. The topological polar surface area (TPSA) is 122 Å². The number of amides is 1. The molecule has 1 amide bonds. The molecule has 35 heavy (non-hydrogen) atoms. The van der Waals surface area contributed by atoms with E-state index in [-0.39, 0.29) is 19.2 Å². The summed E-state index contributed by atoms with van der Waals surface area (Å²) in [5.74, 6) is -0.937. The molecule has 1 aromatic carbocycles. The van der Waals surface area contributed by atoms with Gasteiger partial charge >= 0.3 is 11.7 Å². The number of fused-ring (bicyclic) bond motifs is 3. The first kappa shape index (κ1) is 22.9. The highest BCUT2D eigenvalue weighted by Crippen LogP contribution is 2.29. The average Bonchev–Trinajstić information content (AvgIpc) is 3.52. The first-order chi connectivity index (χ1) is 17.0. The fourth-order valence-electron chi connectivity index (χ4n) is 4.23. The molecule has 1 saturated heterocycles. The van der Waals surface area contributed by atoms with E-state index in [9.17, 15) is 19.2 Å². The third-order valence-corrected chi connectivity index (χ3v) is 7.00. The molecule has 11 heteroatoms. The molecule has 0 aliphatic carbocycles. The van der Waals surface area contributed by atoms with Crippen molar-refractivity contribution in [3.63, 3.8) is 0 Å². The van der Waals surface area contributed by atoms with E-state index >= 15 is 0 Å². The number of rotatable bonds is 6. The summed E-state index contributed by atoms with van der Waals surface area (Å²) < 4.78 is 13.2. The normalized spacial score (nSPS) is 15.5. The Morgan fingerprint density at radius 2 is 2.00 bits per heavy atom. The van der Waals surface area contributed by atoms with Crippen LogP contribution in [0.1, 0.15) is 23.2 Å². The standard InChI is InChI=1S/C24H22N4O6S/c1-33-23(31)14-6-8-15(9-7-14)26-18(29)13-27-19-17-5-2-10-25-21(17)35-20(19)22(30)28(24(27)32)12-16-4-3-11-34-16/h2,5-10,16H,3-4,11-13H2,1H3,(H,26,29). The summed E-state index contributed by atoms with van der Waals surface area (Å²) in [4.78, 5) is 56.3. The van der Waals surface area contributed by atoms with Gasteiger partial charge in [0, 0.05) is 23.9 Å². The molecule has 1 aliphatic heterocycles. The Morgan fingerprint density at radius 1 is 1.20 bits per heavy atom. The van der Waals surface area contributed by atoms with E-state index in [4.69, 9.17) is 4.74 Å². The second-order valence-electron chi connectivity index (χ2n) is 8.17. The first-order valence-corrected chi connectivity index (χ1v) is 11.9. The van der Waals surface area contributed by atoms with Gasteiger partial charge in [0.05, 0.1) is 30.8 Å². The number of methoxy groups -OCH3 is 1. The van der Waals surface area contributed by atoms with E-state index in [1.807, 2.05) is 0 Å². The summed E-state index contributed by atoms with van der Waals surface area (Å²) in [5, 5.41) is 3.38. The van der Waals surface area contributed by atoms with Gasteiger partial charge in [-0.3, -0.25) is 18.7 Å². The lowest BCUT2D eigenvalue weighted by Crippen LogP contribution is -2.43. The number of nitrogens with zero attached hydrogens (tertiary/aromatic N) is 3. The highest BCUT2D eigenvalue weighted by atomic mass is 32.1. The number of nitrogens with one attached hydrogen (secondary N) is 1. The number of hydrogen-bond donors (Lipinski definition) is 1. The number of ether oxygens (including phenoxy) is 2. The predicted molar refractivity (Wildman–Crippen MR) is 131 cm³/mol. The monoisotopic (exact) mass is 494 g/mol. The summed E-state index contributed by atoms with van der Waals surface area (Å²) in [6.45, 7) is 0.423. The number of aromatic nitrogens is 3. The van der Waals surface area contributed by atoms with Crippen LogP contribution < -0.4 is 16.6 Å². The van der Waals surface area contributed by atoms with E-state index in [1.165, 1.54) is 35.1 Å². The number of carbonyl (C=O) groups is 2. The van der Waals surface area contributed by atoms with Crippen molar-refractivity contribution in [1.29, 1.82) is 0 Å². The molecular weight excluding hydrogens is 472 g/mol. The number of carbonyl (C=O) groups excluding carboxylic acids is 2. The molecule has 1 N–H and O–H groups in total. The largest absolute Gasteiger partial charge is 0.465 e. The number of hydrogen-bond acceptors (Lipinski definition) is 8. The van der Waals surface area contributed by atoms with Crippen molar-refractivity contribution in [3.8, 4) is 0 Å². The van der Waals surface area contributed by atoms with Crippen molar-refractivity contribution < 1.29 is 19.1 Å². The van der Waals surface area contributed by atoms with Crippen LogP contribution in [-0.2, 0) is 27.4 Å². The van der Waals surface area contributed by atoms with Crippen molar-refractivity contribution in [2.75, 3.05) is 19.0 Å². The summed E-state index contributed by atoms with van der Waals surface area (Å²) in [5.41, 5.74) is 0.225. The Bertz CT molecular complexity index is 1550. The molecule has 1 fully saturated rings. The Labute approximate surface area is 202 Å². The maximum absolute atomic E-state index is 13.5. The molecule has 4 heterocycles. The summed E-state index contributed by atoms with van der Waals surface area (Å²) in [6.07, 6.45) is 3.04. The van der Waals surface area contributed by atoms with Crippen LogP contribution in [0.4, 0.5) is 5.69 Å². The van der Waals surface area contributed by atoms with Crippen LogP contribution in [0.2, 0.25) is 0 Å². The van der Waals surface area contributed by atoms with Gasteiger partial charge < -0.3 is 14.8 Å². The van der Waals surface area contributed by atoms with Gasteiger partial charge in [-0.1, -0.05) is 0 Å². The van der Waals surface area contributed by atoms with Gasteiger partial charge in [0.2, 0.25) is 5.91 Å². The molecule has 5 rings (SSSR count). The van der Waals surface area contributed by atoms with Crippen LogP contribution in [0.15, 0.2) is 52.2 Å². The average molecular weight is 495 g/mol. The van der Waals surface area contributed by atoms with Crippen molar-refractivity contribution in [2.45, 2.75) is 32.0 Å². The third kappa shape index (κ3) is 4.35. The van der Waals surface area contributed by atoms with Gasteiger partial charge in [-0.15, -0.1) is 11.3 Å². The van der Waals surface area contributed by atoms with Crippen LogP contribution in [0.25, 0.3) is 20.4 Å². The summed E-state index contributed by atoms with van der Waals surface area (Å²) >= 11 is 1.20. The zero-order valence-electron chi connectivity index (χ0n) is 18.9. The number of esters is 1. The molecule has 1 aliphatic rings. The van der Waals surface area contributed by atoms with Gasteiger partial charge in [0.1, 0.15) is 16.1 Å². The molecule has 3 aromatic heterocycles. The van der Waals surface area contributed by atoms with Crippen molar-refractivity contribution in [1.82, 2.24) is 14.1 Å². The zero-order valence-corrected chi connectivity index (χ0v) is 19.7. The second-order valence-corrected chi connectivity index (χ2v) is 9.17.